The Bertz CT molecular complexity index is 1180. The molecule has 1 N–H and O–H groups in total. The topological polar surface area (TPSA) is 79.6 Å². The first-order chi connectivity index (χ1) is 14.4. The summed E-state index contributed by atoms with van der Waals surface area (Å²) in [6.45, 7) is 1.99. The van der Waals surface area contributed by atoms with Crippen LogP contribution in [-0.2, 0) is 9.59 Å². The molecule has 2 heterocycles. The van der Waals surface area contributed by atoms with Gasteiger partial charge in [0, 0.05) is 4.90 Å². The number of carbonyl (C=O) groups excluding carboxylic acids is 3. The zero-order chi connectivity index (χ0) is 21.3. The number of carbonyl (C=O) groups is 3. The lowest BCUT2D eigenvalue weighted by molar-refractivity contribution is -0.122. The second kappa shape index (κ2) is 8.00. The molecule has 0 radical (unpaired) electrons. The van der Waals surface area contributed by atoms with Gasteiger partial charge in [0.25, 0.3) is 11.8 Å². The summed E-state index contributed by atoms with van der Waals surface area (Å²) in [6, 6.07) is 15.5. The van der Waals surface area contributed by atoms with Crippen molar-refractivity contribution in [2.45, 2.75) is 16.9 Å². The van der Waals surface area contributed by atoms with E-state index in [9.17, 15) is 18.8 Å². The van der Waals surface area contributed by atoms with Crippen molar-refractivity contribution >= 4 is 41.4 Å². The maximum Gasteiger partial charge on any atom is 0.336 e. The SMILES string of the molecule is Cc1ccc(Sc2ccc(/C=C3\C(=O)NC(=O)N(c4ccccc4F)C3=O)o2)cc1. The standard InChI is InChI=1S/C22H15FN2O4S/c1-13-6-9-15(10-7-13)30-19-11-8-14(29-19)12-16-20(26)24-22(28)25(21(16)27)18-5-3-2-4-17(18)23/h2-12H,1H3,(H,24,26,28)/b16-12+. The maximum atomic E-state index is 14.1. The van der Waals surface area contributed by atoms with Crippen LogP contribution in [0.25, 0.3) is 6.08 Å². The number of hydrogen-bond acceptors (Lipinski definition) is 5. The van der Waals surface area contributed by atoms with Crippen LogP contribution >= 0.6 is 11.8 Å². The number of hydrogen-bond donors (Lipinski definition) is 1. The highest BCUT2D eigenvalue weighted by Gasteiger charge is 2.38. The first-order valence-corrected chi connectivity index (χ1v) is 9.74. The molecular formula is C22H15FN2O4S. The van der Waals surface area contributed by atoms with Crippen LogP contribution in [0.1, 0.15) is 11.3 Å². The number of nitrogens with zero attached hydrogens (tertiary/aromatic N) is 1. The first kappa shape index (κ1) is 19.7. The van der Waals surface area contributed by atoms with Crippen LogP contribution in [0.3, 0.4) is 0 Å². The average Bonchev–Trinajstić information content (AvgIpc) is 3.15. The molecular weight excluding hydrogens is 407 g/mol. The number of urea groups is 1. The largest absolute Gasteiger partial charge is 0.450 e. The van der Waals surface area contributed by atoms with Gasteiger partial charge in [-0.2, -0.15) is 0 Å². The lowest BCUT2D eigenvalue weighted by atomic mass is 10.1. The van der Waals surface area contributed by atoms with E-state index < -0.39 is 23.7 Å². The number of benzene rings is 2. The highest BCUT2D eigenvalue weighted by molar-refractivity contribution is 7.99. The quantitative estimate of drug-likeness (QED) is 0.493. The molecule has 0 unspecified atom stereocenters. The molecule has 0 aliphatic carbocycles. The Hall–Kier alpha value is -3.65. The number of amides is 4. The van der Waals surface area contributed by atoms with E-state index in [1.54, 1.807) is 12.1 Å². The number of nitrogens with one attached hydrogen (secondary N) is 1. The van der Waals surface area contributed by atoms with Crippen LogP contribution in [-0.4, -0.2) is 17.8 Å². The molecule has 0 saturated carbocycles. The normalized spacial score (nSPS) is 15.6. The molecule has 150 valence electrons. The highest BCUT2D eigenvalue weighted by Crippen LogP contribution is 2.31. The summed E-state index contributed by atoms with van der Waals surface area (Å²) in [5, 5.41) is 2.62. The molecule has 1 fully saturated rings. The number of imide groups is 2. The van der Waals surface area contributed by atoms with Gasteiger partial charge in [0.2, 0.25) is 0 Å². The van der Waals surface area contributed by atoms with Gasteiger partial charge >= 0.3 is 6.03 Å². The molecule has 8 heteroatoms. The Morgan fingerprint density at radius 3 is 2.47 bits per heavy atom. The number of para-hydroxylation sites is 1. The Morgan fingerprint density at radius 2 is 1.73 bits per heavy atom. The molecule has 3 aromatic rings. The summed E-state index contributed by atoms with van der Waals surface area (Å²) in [4.78, 5) is 38.7. The number of furan rings is 1. The minimum atomic E-state index is -1.01. The number of rotatable bonds is 4. The minimum absolute atomic E-state index is 0.242. The van der Waals surface area contributed by atoms with Gasteiger partial charge in [-0.3, -0.25) is 14.9 Å². The summed E-state index contributed by atoms with van der Waals surface area (Å²) in [6.07, 6.45) is 1.23. The molecule has 2 aromatic carbocycles. The predicted octanol–water partition coefficient (Wildman–Crippen LogP) is 4.54. The molecule has 30 heavy (non-hydrogen) atoms. The summed E-state index contributed by atoms with van der Waals surface area (Å²) in [5.41, 5.74) is 0.563. The van der Waals surface area contributed by atoms with Crippen molar-refractivity contribution in [2.75, 3.05) is 4.90 Å². The third kappa shape index (κ3) is 3.90. The van der Waals surface area contributed by atoms with Crippen molar-refractivity contribution in [1.29, 1.82) is 0 Å². The zero-order valence-corrected chi connectivity index (χ0v) is 16.5. The summed E-state index contributed by atoms with van der Waals surface area (Å²) >= 11 is 1.38. The van der Waals surface area contributed by atoms with Gasteiger partial charge in [-0.25, -0.2) is 14.1 Å². The third-order valence-electron chi connectivity index (χ3n) is 4.32. The Morgan fingerprint density at radius 1 is 1.00 bits per heavy atom. The van der Waals surface area contributed by atoms with Crippen molar-refractivity contribution in [3.63, 3.8) is 0 Å². The van der Waals surface area contributed by atoms with Gasteiger partial charge in [-0.1, -0.05) is 41.6 Å². The molecule has 0 atom stereocenters. The van der Waals surface area contributed by atoms with E-state index in [2.05, 4.69) is 5.32 Å². The van der Waals surface area contributed by atoms with Gasteiger partial charge in [0.15, 0.2) is 5.09 Å². The molecule has 1 aliphatic rings. The number of aryl methyl sites for hydroxylation is 1. The molecule has 1 saturated heterocycles. The minimum Gasteiger partial charge on any atom is -0.450 e. The van der Waals surface area contributed by atoms with Gasteiger partial charge in [0.1, 0.15) is 17.2 Å². The first-order valence-electron chi connectivity index (χ1n) is 8.93. The fraction of sp³-hybridized carbons (Fsp3) is 0.0455. The predicted molar refractivity (Wildman–Crippen MR) is 109 cm³/mol. The molecule has 1 aliphatic heterocycles. The Kier molecular flexibility index (Phi) is 5.24. The summed E-state index contributed by atoms with van der Waals surface area (Å²) in [7, 11) is 0. The second-order valence-electron chi connectivity index (χ2n) is 6.48. The van der Waals surface area contributed by atoms with E-state index in [-0.39, 0.29) is 17.0 Å². The molecule has 0 bridgehead atoms. The summed E-state index contributed by atoms with van der Waals surface area (Å²) < 4.78 is 19.8. The number of anilines is 1. The summed E-state index contributed by atoms with van der Waals surface area (Å²) in [5.74, 6) is -2.31. The molecule has 4 amide bonds. The van der Waals surface area contributed by atoms with Crippen molar-refractivity contribution in [1.82, 2.24) is 5.32 Å². The Labute approximate surface area is 175 Å². The zero-order valence-electron chi connectivity index (χ0n) is 15.7. The maximum absolute atomic E-state index is 14.1. The van der Waals surface area contributed by atoms with Crippen molar-refractivity contribution in [2.24, 2.45) is 0 Å². The van der Waals surface area contributed by atoms with Crippen LogP contribution in [0, 0.1) is 12.7 Å². The monoisotopic (exact) mass is 422 g/mol. The third-order valence-corrected chi connectivity index (χ3v) is 5.25. The fourth-order valence-corrected chi connectivity index (χ4v) is 3.62. The van der Waals surface area contributed by atoms with Crippen LogP contribution < -0.4 is 10.2 Å². The van der Waals surface area contributed by atoms with E-state index in [1.807, 2.05) is 31.2 Å². The second-order valence-corrected chi connectivity index (χ2v) is 7.56. The molecule has 0 spiro atoms. The van der Waals surface area contributed by atoms with Crippen molar-refractivity contribution < 1.29 is 23.2 Å². The van der Waals surface area contributed by atoms with E-state index >= 15 is 0 Å². The number of barbiturate groups is 1. The lowest BCUT2D eigenvalue weighted by Gasteiger charge is -2.26. The average molecular weight is 422 g/mol. The molecule has 1 aromatic heterocycles. The van der Waals surface area contributed by atoms with E-state index in [0.717, 1.165) is 16.5 Å². The van der Waals surface area contributed by atoms with Crippen molar-refractivity contribution in [3.05, 3.63) is 83.4 Å². The highest BCUT2D eigenvalue weighted by atomic mass is 32.2. The van der Waals surface area contributed by atoms with Gasteiger partial charge in [-0.15, -0.1) is 0 Å². The fourth-order valence-electron chi connectivity index (χ4n) is 2.84. The van der Waals surface area contributed by atoms with E-state index in [0.29, 0.717) is 9.99 Å². The van der Waals surface area contributed by atoms with E-state index in [4.69, 9.17) is 4.42 Å². The van der Waals surface area contributed by atoms with Gasteiger partial charge in [-0.05, 0) is 49.4 Å². The van der Waals surface area contributed by atoms with Crippen LogP contribution in [0.15, 0.2) is 80.6 Å². The van der Waals surface area contributed by atoms with Crippen molar-refractivity contribution in [3.8, 4) is 0 Å². The van der Waals surface area contributed by atoms with Crippen LogP contribution in [0.2, 0.25) is 0 Å². The molecule has 4 rings (SSSR count). The van der Waals surface area contributed by atoms with Crippen LogP contribution in [0.4, 0.5) is 14.9 Å². The van der Waals surface area contributed by atoms with E-state index in [1.165, 1.54) is 36.0 Å². The lowest BCUT2D eigenvalue weighted by Crippen LogP contribution is -2.54. The van der Waals surface area contributed by atoms with Gasteiger partial charge in [0.05, 0.1) is 5.69 Å². The van der Waals surface area contributed by atoms with Crippen LogP contribution in [0.5, 0.6) is 0 Å². The molecule has 6 nitrogen and oxygen atoms in total. The smallest absolute Gasteiger partial charge is 0.336 e. The Balaban J connectivity index is 1.61. The number of halogens is 1. The van der Waals surface area contributed by atoms with Gasteiger partial charge < -0.3 is 4.42 Å².